The lowest BCUT2D eigenvalue weighted by molar-refractivity contribution is 0.107. The van der Waals surface area contributed by atoms with Gasteiger partial charge in [-0.3, -0.25) is 0 Å². The van der Waals surface area contributed by atoms with Crippen molar-refractivity contribution in [2.24, 2.45) is 0 Å². The van der Waals surface area contributed by atoms with E-state index in [9.17, 15) is 5.11 Å². The quantitative estimate of drug-likeness (QED) is 0.708. The molecule has 0 radical (unpaired) electrons. The van der Waals surface area contributed by atoms with Gasteiger partial charge in [-0.2, -0.15) is 0 Å². The summed E-state index contributed by atoms with van der Waals surface area (Å²) in [5, 5.41) is 11.8. The lowest BCUT2D eigenvalue weighted by atomic mass is 9.86. The van der Waals surface area contributed by atoms with Gasteiger partial charge in [-0.1, -0.05) is 18.9 Å². The van der Waals surface area contributed by atoms with Gasteiger partial charge in [-0.05, 0) is 24.3 Å². The molecule has 2 heteroatoms. The van der Waals surface area contributed by atoms with Gasteiger partial charge in [-0.25, -0.2) is 0 Å². The molecule has 0 bridgehead atoms. The summed E-state index contributed by atoms with van der Waals surface area (Å²) >= 11 is 1.77. The van der Waals surface area contributed by atoms with Crippen molar-refractivity contribution in [1.29, 1.82) is 0 Å². The molecule has 1 aromatic rings. The van der Waals surface area contributed by atoms with Crippen LogP contribution in [0.15, 0.2) is 17.5 Å². The summed E-state index contributed by atoms with van der Waals surface area (Å²) in [5.74, 6) is 0.429. The van der Waals surface area contributed by atoms with E-state index >= 15 is 0 Å². The number of rotatable bonds is 1. The molecule has 1 aliphatic carbocycles. The largest absolute Gasteiger partial charge is 0.392 e. The molecule has 0 saturated heterocycles. The molecule has 1 N–H and O–H groups in total. The van der Waals surface area contributed by atoms with Gasteiger partial charge in [0.05, 0.1) is 6.10 Å². The van der Waals surface area contributed by atoms with E-state index in [0.717, 1.165) is 6.42 Å². The minimum absolute atomic E-state index is 0.0857. The zero-order chi connectivity index (χ0) is 8.39. The normalized spacial score (nSPS) is 30.4. The van der Waals surface area contributed by atoms with Gasteiger partial charge < -0.3 is 5.11 Å². The second kappa shape index (κ2) is 3.58. The van der Waals surface area contributed by atoms with Gasteiger partial charge in [0.2, 0.25) is 0 Å². The maximum atomic E-state index is 9.75. The molecule has 0 aromatic carbocycles. The first-order chi connectivity index (χ1) is 5.88. The van der Waals surface area contributed by atoms with E-state index < -0.39 is 0 Å². The molecule has 1 saturated carbocycles. The smallest absolute Gasteiger partial charge is 0.0616 e. The Balaban J connectivity index is 2.11. The first-order valence-corrected chi connectivity index (χ1v) is 5.47. The second-order valence-electron chi connectivity index (χ2n) is 3.47. The third kappa shape index (κ3) is 1.54. The maximum absolute atomic E-state index is 9.75. The number of thiophene rings is 1. The van der Waals surface area contributed by atoms with Crippen molar-refractivity contribution in [3.63, 3.8) is 0 Å². The minimum Gasteiger partial charge on any atom is -0.392 e. The Morgan fingerprint density at radius 1 is 1.33 bits per heavy atom. The summed E-state index contributed by atoms with van der Waals surface area (Å²) in [6, 6.07) is 4.21. The predicted octanol–water partition coefficient (Wildman–Crippen LogP) is 2.77. The molecular weight excluding hydrogens is 168 g/mol. The summed E-state index contributed by atoms with van der Waals surface area (Å²) in [4.78, 5) is 1.36. The van der Waals surface area contributed by atoms with Gasteiger partial charge in [-0.15, -0.1) is 11.3 Å². The van der Waals surface area contributed by atoms with E-state index in [1.165, 1.54) is 24.1 Å². The summed E-state index contributed by atoms with van der Waals surface area (Å²) in [6.07, 6.45) is 4.55. The van der Waals surface area contributed by atoms with Crippen molar-refractivity contribution < 1.29 is 5.11 Å². The molecule has 1 nitrogen and oxygen atoms in total. The monoisotopic (exact) mass is 182 g/mol. The van der Waals surface area contributed by atoms with Crippen LogP contribution < -0.4 is 0 Å². The van der Waals surface area contributed by atoms with E-state index in [2.05, 4.69) is 17.5 Å². The molecule has 12 heavy (non-hydrogen) atoms. The predicted molar refractivity (Wildman–Crippen MR) is 51.5 cm³/mol. The Hall–Kier alpha value is -0.340. The Labute approximate surface area is 77.0 Å². The van der Waals surface area contributed by atoms with Crippen LogP contribution in [0.4, 0.5) is 0 Å². The average molecular weight is 182 g/mol. The van der Waals surface area contributed by atoms with Crippen LogP contribution in [0.2, 0.25) is 0 Å². The highest BCUT2D eigenvalue weighted by atomic mass is 32.1. The van der Waals surface area contributed by atoms with Gasteiger partial charge in [0, 0.05) is 10.8 Å². The highest BCUT2D eigenvalue weighted by Gasteiger charge is 2.24. The van der Waals surface area contributed by atoms with Crippen molar-refractivity contribution >= 4 is 11.3 Å². The van der Waals surface area contributed by atoms with E-state index in [1.54, 1.807) is 11.3 Å². The Morgan fingerprint density at radius 2 is 2.17 bits per heavy atom. The van der Waals surface area contributed by atoms with Gasteiger partial charge in [0.25, 0.3) is 0 Å². The Morgan fingerprint density at radius 3 is 2.83 bits per heavy atom. The molecule has 0 amide bonds. The van der Waals surface area contributed by atoms with Crippen molar-refractivity contribution in [3.8, 4) is 0 Å². The van der Waals surface area contributed by atoms with E-state index in [1.807, 2.05) is 0 Å². The lowest BCUT2D eigenvalue weighted by Gasteiger charge is -2.26. The molecule has 2 atom stereocenters. The number of aliphatic hydroxyl groups is 1. The van der Waals surface area contributed by atoms with Crippen molar-refractivity contribution in [1.82, 2.24) is 0 Å². The number of hydrogen-bond donors (Lipinski definition) is 1. The fraction of sp³-hybridized carbons (Fsp3) is 0.600. The third-order valence-electron chi connectivity index (χ3n) is 2.64. The molecule has 1 fully saturated rings. The van der Waals surface area contributed by atoms with Crippen LogP contribution in [0.3, 0.4) is 0 Å². The molecule has 1 aromatic heterocycles. The van der Waals surface area contributed by atoms with Crippen LogP contribution in [0.1, 0.15) is 36.5 Å². The number of hydrogen-bond acceptors (Lipinski definition) is 2. The van der Waals surface area contributed by atoms with Gasteiger partial charge in [0.15, 0.2) is 0 Å². The first-order valence-electron chi connectivity index (χ1n) is 4.59. The minimum atomic E-state index is -0.0857. The van der Waals surface area contributed by atoms with Crippen LogP contribution in [-0.2, 0) is 0 Å². The van der Waals surface area contributed by atoms with Crippen LogP contribution in [0.5, 0.6) is 0 Å². The molecule has 1 heterocycles. The van der Waals surface area contributed by atoms with Gasteiger partial charge >= 0.3 is 0 Å². The van der Waals surface area contributed by atoms with Crippen LogP contribution in [0, 0.1) is 0 Å². The van der Waals surface area contributed by atoms with Crippen molar-refractivity contribution in [3.05, 3.63) is 22.4 Å². The molecular formula is C10H14OS. The Kier molecular flexibility index (Phi) is 2.47. The molecule has 2 rings (SSSR count). The fourth-order valence-corrected chi connectivity index (χ4v) is 2.87. The highest BCUT2D eigenvalue weighted by molar-refractivity contribution is 7.10. The lowest BCUT2D eigenvalue weighted by Crippen LogP contribution is -2.21. The average Bonchev–Trinajstić information content (AvgIpc) is 2.57. The summed E-state index contributed by atoms with van der Waals surface area (Å²) in [7, 11) is 0. The standard InChI is InChI=1S/C10H14OS/c11-9-5-2-1-4-8(9)10-6-3-7-12-10/h3,6-9,11H,1-2,4-5H2. The molecule has 0 aliphatic heterocycles. The SMILES string of the molecule is OC1CCCCC1c1cccs1. The first kappa shape index (κ1) is 8.27. The second-order valence-corrected chi connectivity index (χ2v) is 4.45. The van der Waals surface area contributed by atoms with E-state index in [4.69, 9.17) is 0 Å². The summed E-state index contributed by atoms with van der Waals surface area (Å²) in [6.45, 7) is 0. The van der Waals surface area contributed by atoms with Gasteiger partial charge in [0.1, 0.15) is 0 Å². The fourth-order valence-electron chi connectivity index (χ4n) is 1.95. The maximum Gasteiger partial charge on any atom is 0.0616 e. The molecule has 0 spiro atoms. The molecule has 1 aliphatic rings. The zero-order valence-corrected chi connectivity index (χ0v) is 7.89. The summed E-state index contributed by atoms with van der Waals surface area (Å²) < 4.78 is 0. The third-order valence-corrected chi connectivity index (χ3v) is 3.64. The van der Waals surface area contributed by atoms with Crippen LogP contribution in [0.25, 0.3) is 0 Å². The highest BCUT2D eigenvalue weighted by Crippen LogP contribution is 2.35. The zero-order valence-electron chi connectivity index (χ0n) is 7.07. The van der Waals surface area contributed by atoms with E-state index in [-0.39, 0.29) is 6.10 Å². The van der Waals surface area contributed by atoms with Crippen molar-refractivity contribution in [2.75, 3.05) is 0 Å². The summed E-state index contributed by atoms with van der Waals surface area (Å²) in [5.41, 5.74) is 0. The van der Waals surface area contributed by atoms with Crippen LogP contribution >= 0.6 is 11.3 Å². The van der Waals surface area contributed by atoms with Crippen molar-refractivity contribution in [2.45, 2.75) is 37.7 Å². The van der Waals surface area contributed by atoms with Crippen LogP contribution in [-0.4, -0.2) is 11.2 Å². The molecule has 66 valence electrons. The Bertz CT molecular complexity index is 230. The van der Waals surface area contributed by atoms with E-state index in [0.29, 0.717) is 5.92 Å². The number of aliphatic hydroxyl groups excluding tert-OH is 1. The topological polar surface area (TPSA) is 20.2 Å². The molecule has 2 unspecified atom stereocenters.